The summed E-state index contributed by atoms with van der Waals surface area (Å²) in [7, 11) is 0. The number of fused-ring (bicyclic) bond motifs is 2. The van der Waals surface area contributed by atoms with Gasteiger partial charge in [0.1, 0.15) is 11.6 Å². The number of carbonyl (C=O) groups excluding carboxylic acids is 2. The first-order valence-electron chi connectivity index (χ1n) is 10.1. The number of esters is 1. The molecule has 4 rings (SSSR count). The van der Waals surface area contributed by atoms with Gasteiger partial charge in [0.05, 0.1) is 11.0 Å². The lowest BCUT2D eigenvalue weighted by Crippen LogP contribution is -2.44. The summed E-state index contributed by atoms with van der Waals surface area (Å²) < 4.78 is 5.52. The van der Waals surface area contributed by atoms with Gasteiger partial charge in [0, 0.05) is 12.1 Å². The van der Waals surface area contributed by atoms with Crippen molar-refractivity contribution in [2.24, 2.45) is 0 Å². The van der Waals surface area contributed by atoms with Gasteiger partial charge in [0.15, 0.2) is 0 Å². The second-order valence-electron chi connectivity index (χ2n) is 8.60. The van der Waals surface area contributed by atoms with Crippen LogP contribution in [0.15, 0.2) is 41.2 Å². The van der Waals surface area contributed by atoms with E-state index in [1.54, 1.807) is 4.90 Å². The molecule has 0 saturated carbocycles. The minimum atomic E-state index is -0.617. The molecule has 0 fully saturated rings. The largest absolute Gasteiger partial charge is 0.458 e. The molecule has 156 valence electrons. The fourth-order valence-corrected chi connectivity index (χ4v) is 3.85. The highest BCUT2D eigenvalue weighted by Gasteiger charge is 2.37. The maximum atomic E-state index is 13.1. The zero-order valence-electron chi connectivity index (χ0n) is 17.5. The number of amides is 1. The fourth-order valence-electron chi connectivity index (χ4n) is 3.85. The predicted molar refractivity (Wildman–Crippen MR) is 114 cm³/mol. The van der Waals surface area contributed by atoms with E-state index in [0.717, 1.165) is 22.2 Å². The molecule has 7 heteroatoms. The van der Waals surface area contributed by atoms with Crippen LogP contribution in [0.5, 0.6) is 0 Å². The second kappa shape index (κ2) is 7.16. The van der Waals surface area contributed by atoms with Gasteiger partial charge in [-0.25, -0.2) is 9.59 Å². The van der Waals surface area contributed by atoms with Crippen molar-refractivity contribution in [3.63, 3.8) is 0 Å². The molecule has 0 aliphatic carbocycles. The normalized spacial score (nSPS) is 14.8. The summed E-state index contributed by atoms with van der Waals surface area (Å²) >= 11 is 0. The van der Waals surface area contributed by atoms with Gasteiger partial charge in [0.2, 0.25) is 0 Å². The number of aromatic amines is 2. The summed E-state index contributed by atoms with van der Waals surface area (Å²) in [6.07, 6.45) is 0.485. The first-order valence-corrected chi connectivity index (χ1v) is 10.1. The van der Waals surface area contributed by atoms with Crippen molar-refractivity contribution < 1.29 is 14.3 Å². The Labute approximate surface area is 174 Å². The molecule has 30 heavy (non-hydrogen) atoms. The molecular formula is C23H25N3O4. The minimum absolute atomic E-state index is 0.166. The zero-order chi connectivity index (χ0) is 21.6. The number of hydrogen-bond acceptors (Lipinski definition) is 4. The zero-order valence-corrected chi connectivity index (χ0v) is 17.5. The molecule has 0 unspecified atom stereocenters. The molecular weight excluding hydrogens is 382 g/mol. The summed E-state index contributed by atoms with van der Waals surface area (Å²) in [5.74, 6) is -0.547. The Hall–Kier alpha value is -3.35. The number of nitrogens with one attached hydrogen (secondary N) is 2. The number of carbonyl (C=O) groups is 2. The van der Waals surface area contributed by atoms with Crippen LogP contribution < -0.4 is 5.69 Å². The molecule has 0 bridgehead atoms. The van der Waals surface area contributed by atoms with Crippen molar-refractivity contribution in [2.75, 3.05) is 0 Å². The van der Waals surface area contributed by atoms with E-state index in [2.05, 4.69) is 9.97 Å². The smallest absolute Gasteiger partial charge is 0.329 e. The van der Waals surface area contributed by atoms with Crippen molar-refractivity contribution in [1.82, 2.24) is 14.9 Å². The Morgan fingerprint density at radius 1 is 1.07 bits per heavy atom. The summed E-state index contributed by atoms with van der Waals surface area (Å²) in [5.41, 5.74) is 3.83. The number of imidazole rings is 1. The van der Waals surface area contributed by atoms with Crippen LogP contribution in [-0.4, -0.2) is 38.4 Å². The number of ether oxygens (including phenoxy) is 1. The first kappa shape index (κ1) is 19.9. The van der Waals surface area contributed by atoms with E-state index in [4.69, 9.17) is 4.74 Å². The topological polar surface area (TPSA) is 95.3 Å². The Kier molecular flexibility index (Phi) is 4.76. The minimum Gasteiger partial charge on any atom is -0.458 e. The number of rotatable bonds is 4. The summed E-state index contributed by atoms with van der Waals surface area (Å²) in [6, 6.07) is 10.7. The molecule has 1 amide bonds. The third-order valence-corrected chi connectivity index (χ3v) is 5.23. The van der Waals surface area contributed by atoms with Crippen molar-refractivity contribution in [1.29, 1.82) is 0 Å². The Morgan fingerprint density at radius 2 is 1.73 bits per heavy atom. The maximum absolute atomic E-state index is 13.1. The van der Waals surface area contributed by atoms with E-state index >= 15 is 0 Å². The number of nitrogens with zero attached hydrogens (tertiary/aromatic N) is 1. The molecule has 2 N–H and O–H groups in total. The number of H-pyrrole nitrogens is 2. The van der Waals surface area contributed by atoms with E-state index in [9.17, 15) is 14.4 Å². The molecule has 1 aliphatic heterocycles. The van der Waals surface area contributed by atoms with E-state index in [1.807, 2.05) is 64.1 Å². The molecule has 2 aromatic carbocycles. The lowest BCUT2D eigenvalue weighted by Gasteiger charge is -2.29. The van der Waals surface area contributed by atoms with E-state index in [1.165, 1.54) is 0 Å². The monoisotopic (exact) mass is 407 g/mol. The van der Waals surface area contributed by atoms with Gasteiger partial charge >= 0.3 is 11.7 Å². The average molecular weight is 407 g/mol. The molecule has 2 heterocycles. The third-order valence-electron chi connectivity index (χ3n) is 5.23. The van der Waals surface area contributed by atoms with E-state index < -0.39 is 11.6 Å². The van der Waals surface area contributed by atoms with Crippen LogP contribution in [0.3, 0.4) is 0 Å². The van der Waals surface area contributed by atoms with E-state index in [0.29, 0.717) is 24.0 Å². The van der Waals surface area contributed by atoms with Crippen LogP contribution in [0, 0.1) is 0 Å². The van der Waals surface area contributed by atoms with Gasteiger partial charge in [-0.1, -0.05) is 25.1 Å². The molecule has 0 radical (unpaired) electrons. The molecule has 1 atom stereocenters. The standard InChI is InChI=1S/C23H25N3O4/c1-5-19(21(28)30-23(2,3)4)26-12-15-7-6-13(10-16(15)20(26)27)14-8-9-17-18(11-14)25-22(29)24-17/h6-11,19H,5,12H2,1-4H3,(H2,24,25,29)/t19-/m0/s1. The van der Waals surface area contributed by atoms with Crippen LogP contribution >= 0.6 is 0 Å². The molecule has 0 spiro atoms. The highest BCUT2D eigenvalue weighted by Crippen LogP contribution is 2.31. The van der Waals surface area contributed by atoms with Crippen LogP contribution in [0.4, 0.5) is 0 Å². The van der Waals surface area contributed by atoms with Gasteiger partial charge < -0.3 is 19.6 Å². The van der Waals surface area contributed by atoms with Gasteiger partial charge in [-0.15, -0.1) is 0 Å². The molecule has 7 nitrogen and oxygen atoms in total. The van der Waals surface area contributed by atoms with Gasteiger partial charge in [0.25, 0.3) is 5.91 Å². The Balaban J connectivity index is 1.63. The molecule has 1 aromatic heterocycles. The highest BCUT2D eigenvalue weighted by molar-refractivity contribution is 6.01. The lowest BCUT2D eigenvalue weighted by atomic mass is 10.00. The summed E-state index contributed by atoms with van der Waals surface area (Å²) in [4.78, 5) is 44.3. The maximum Gasteiger partial charge on any atom is 0.329 e. The Morgan fingerprint density at radius 3 is 2.43 bits per heavy atom. The van der Waals surface area contributed by atoms with Crippen LogP contribution in [0.2, 0.25) is 0 Å². The molecule has 0 saturated heterocycles. The molecule has 1 aliphatic rings. The fraction of sp³-hybridized carbons (Fsp3) is 0.348. The van der Waals surface area contributed by atoms with Crippen molar-refractivity contribution in [3.8, 4) is 11.1 Å². The second-order valence-corrected chi connectivity index (χ2v) is 8.60. The van der Waals surface area contributed by atoms with Crippen LogP contribution in [-0.2, 0) is 16.1 Å². The summed E-state index contributed by atoms with van der Waals surface area (Å²) in [6.45, 7) is 7.72. The number of hydrogen-bond donors (Lipinski definition) is 2. The highest BCUT2D eigenvalue weighted by atomic mass is 16.6. The summed E-state index contributed by atoms with van der Waals surface area (Å²) in [5, 5.41) is 0. The third kappa shape index (κ3) is 3.63. The Bertz CT molecular complexity index is 1200. The van der Waals surface area contributed by atoms with Gasteiger partial charge in [-0.05, 0) is 62.1 Å². The number of aromatic nitrogens is 2. The lowest BCUT2D eigenvalue weighted by molar-refractivity contribution is -0.160. The predicted octanol–water partition coefficient (Wildman–Crippen LogP) is 3.60. The van der Waals surface area contributed by atoms with Gasteiger partial charge in [-0.2, -0.15) is 0 Å². The van der Waals surface area contributed by atoms with Gasteiger partial charge in [-0.3, -0.25) is 4.79 Å². The van der Waals surface area contributed by atoms with Crippen molar-refractivity contribution in [2.45, 2.75) is 52.3 Å². The SMILES string of the molecule is CC[C@@H](C(=O)OC(C)(C)C)N1Cc2ccc(-c3ccc4[nH]c(=O)[nH]c4c3)cc2C1=O. The van der Waals surface area contributed by atoms with E-state index in [-0.39, 0.29) is 17.6 Å². The van der Waals surface area contributed by atoms with Crippen LogP contribution in [0.25, 0.3) is 22.2 Å². The molecule has 3 aromatic rings. The van der Waals surface area contributed by atoms with Crippen molar-refractivity contribution in [3.05, 3.63) is 58.0 Å². The number of benzene rings is 2. The first-order chi connectivity index (χ1) is 14.2. The van der Waals surface area contributed by atoms with Crippen LogP contribution in [0.1, 0.15) is 50.0 Å². The van der Waals surface area contributed by atoms with Crippen molar-refractivity contribution >= 4 is 22.9 Å². The quantitative estimate of drug-likeness (QED) is 0.646. The average Bonchev–Trinajstić information content (AvgIpc) is 3.19.